The molecule has 0 unspecified atom stereocenters. The van der Waals surface area contributed by atoms with Crippen molar-refractivity contribution in [3.05, 3.63) is 82.5 Å². The number of carbonyl (C=O) groups excluding carboxylic acids is 1. The Morgan fingerprint density at radius 2 is 1.88 bits per heavy atom. The maximum absolute atomic E-state index is 12.5. The van der Waals surface area contributed by atoms with Gasteiger partial charge in [-0.3, -0.25) is 9.69 Å². The predicted octanol–water partition coefficient (Wildman–Crippen LogP) is 3.18. The van der Waals surface area contributed by atoms with Crippen LogP contribution in [0.15, 0.2) is 74.9 Å². The van der Waals surface area contributed by atoms with Crippen molar-refractivity contribution < 1.29 is 17.6 Å². The molecule has 0 atom stereocenters. The molecule has 1 aliphatic heterocycles. The van der Waals surface area contributed by atoms with Gasteiger partial charge in [-0.15, -0.1) is 0 Å². The minimum atomic E-state index is -3.64. The lowest BCUT2D eigenvalue weighted by molar-refractivity contribution is -0.127. The van der Waals surface area contributed by atoms with Crippen LogP contribution in [0.4, 0.5) is 0 Å². The molecule has 32 heavy (non-hydrogen) atoms. The quantitative estimate of drug-likeness (QED) is 0.510. The summed E-state index contributed by atoms with van der Waals surface area (Å²) in [5.74, 6) is 0.510. The number of piperazine rings is 1. The molecule has 168 valence electrons. The van der Waals surface area contributed by atoms with Gasteiger partial charge in [0.05, 0.1) is 17.7 Å². The monoisotopic (exact) mass is 471 g/mol. The number of hydrogen-bond acceptors (Lipinski definition) is 6. The summed E-state index contributed by atoms with van der Waals surface area (Å²) in [4.78, 5) is 16.9. The molecule has 4 rings (SSSR count). The van der Waals surface area contributed by atoms with Crippen molar-refractivity contribution in [1.29, 1.82) is 0 Å². The summed E-state index contributed by atoms with van der Waals surface area (Å²) >= 11 is 1.70. The molecule has 7 nitrogen and oxygen atoms in total. The third-order valence-corrected chi connectivity index (χ3v) is 7.44. The van der Waals surface area contributed by atoms with Crippen molar-refractivity contribution in [2.45, 2.75) is 18.0 Å². The van der Waals surface area contributed by atoms with Gasteiger partial charge in [-0.05, 0) is 58.3 Å². The third-order valence-electron chi connectivity index (χ3n) is 5.30. The molecule has 0 aliphatic carbocycles. The molecule has 0 saturated carbocycles. The molecule has 2 aromatic heterocycles. The first-order valence-electron chi connectivity index (χ1n) is 10.3. The Morgan fingerprint density at radius 1 is 1.09 bits per heavy atom. The summed E-state index contributed by atoms with van der Waals surface area (Å²) in [5.41, 5.74) is 2.08. The van der Waals surface area contributed by atoms with Crippen LogP contribution in [0.1, 0.15) is 16.9 Å². The fraction of sp³-hybridized carbons (Fsp3) is 0.261. The van der Waals surface area contributed by atoms with E-state index in [1.807, 2.05) is 4.90 Å². The number of benzene rings is 1. The van der Waals surface area contributed by atoms with Gasteiger partial charge in [0.1, 0.15) is 5.76 Å². The normalized spacial score (nSPS) is 15.4. The zero-order chi connectivity index (χ0) is 22.4. The average molecular weight is 472 g/mol. The molecule has 1 aromatic carbocycles. The Bertz CT molecular complexity index is 1130. The number of carbonyl (C=O) groups is 1. The van der Waals surface area contributed by atoms with Crippen molar-refractivity contribution in [3.8, 4) is 0 Å². The molecule has 1 amide bonds. The SMILES string of the molecule is O=C(C=Cc1ccc(S(=O)(=O)NCc2ccco2)cc1)N1CCN(Cc2ccsc2)CC1. The molecular weight excluding hydrogens is 446 g/mol. The van der Waals surface area contributed by atoms with E-state index in [0.717, 1.165) is 25.2 Å². The van der Waals surface area contributed by atoms with Gasteiger partial charge in [-0.1, -0.05) is 12.1 Å². The van der Waals surface area contributed by atoms with Crippen molar-refractivity contribution in [3.63, 3.8) is 0 Å². The lowest BCUT2D eigenvalue weighted by Crippen LogP contribution is -2.47. The predicted molar refractivity (Wildman–Crippen MR) is 124 cm³/mol. The highest BCUT2D eigenvalue weighted by Gasteiger charge is 2.20. The van der Waals surface area contributed by atoms with Gasteiger partial charge >= 0.3 is 0 Å². The van der Waals surface area contributed by atoms with E-state index in [0.29, 0.717) is 18.8 Å². The summed E-state index contributed by atoms with van der Waals surface area (Å²) in [5, 5.41) is 4.24. The van der Waals surface area contributed by atoms with Gasteiger partial charge < -0.3 is 9.32 Å². The van der Waals surface area contributed by atoms with E-state index < -0.39 is 10.0 Å². The van der Waals surface area contributed by atoms with Gasteiger partial charge in [0.2, 0.25) is 15.9 Å². The third kappa shape index (κ3) is 5.95. The van der Waals surface area contributed by atoms with Gasteiger partial charge in [-0.2, -0.15) is 11.3 Å². The number of amides is 1. The summed E-state index contributed by atoms with van der Waals surface area (Å²) < 4.78 is 32.5. The number of hydrogen-bond donors (Lipinski definition) is 1. The lowest BCUT2D eigenvalue weighted by Gasteiger charge is -2.34. The van der Waals surface area contributed by atoms with Gasteiger partial charge in [-0.25, -0.2) is 13.1 Å². The van der Waals surface area contributed by atoms with Crippen LogP contribution >= 0.6 is 11.3 Å². The highest BCUT2D eigenvalue weighted by molar-refractivity contribution is 7.89. The highest BCUT2D eigenvalue weighted by Crippen LogP contribution is 2.14. The van der Waals surface area contributed by atoms with E-state index in [2.05, 4.69) is 26.4 Å². The van der Waals surface area contributed by atoms with Crippen LogP contribution in [0.2, 0.25) is 0 Å². The smallest absolute Gasteiger partial charge is 0.246 e. The molecule has 3 aromatic rings. The zero-order valence-corrected chi connectivity index (χ0v) is 19.1. The summed E-state index contributed by atoms with van der Waals surface area (Å²) in [6, 6.07) is 12.0. The number of furan rings is 1. The molecule has 1 fully saturated rings. The van der Waals surface area contributed by atoms with Crippen molar-refractivity contribution in [2.75, 3.05) is 26.2 Å². The molecule has 1 N–H and O–H groups in total. The van der Waals surface area contributed by atoms with E-state index in [1.165, 1.54) is 24.0 Å². The van der Waals surface area contributed by atoms with Crippen LogP contribution in [-0.2, 0) is 27.9 Å². The molecule has 0 radical (unpaired) electrons. The van der Waals surface area contributed by atoms with Crippen molar-refractivity contribution in [2.24, 2.45) is 0 Å². The second-order valence-electron chi connectivity index (χ2n) is 7.54. The van der Waals surface area contributed by atoms with E-state index in [9.17, 15) is 13.2 Å². The number of thiophene rings is 1. The van der Waals surface area contributed by atoms with E-state index >= 15 is 0 Å². The Labute approximate surface area is 192 Å². The topological polar surface area (TPSA) is 82.9 Å². The number of sulfonamides is 1. The molecule has 9 heteroatoms. The van der Waals surface area contributed by atoms with Gasteiger partial charge in [0.15, 0.2) is 0 Å². The Hall–Kier alpha value is -2.72. The lowest BCUT2D eigenvalue weighted by atomic mass is 10.2. The molecule has 0 bridgehead atoms. The van der Waals surface area contributed by atoms with E-state index in [-0.39, 0.29) is 17.3 Å². The molecule has 3 heterocycles. The maximum atomic E-state index is 12.5. The van der Waals surface area contributed by atoms with Crippen LogP contribution < -0.4 is 4.72 Å². The summed E-state index contributed by atoms with van der Waals surface area (Å²) in [7, 11) is -3.64. The van der Waals surface area contributed by atoms with Crippen molar-refractivity contribution in [1.82, 2.24) is 14.5 Å². The van der Waals surface area contributed by atoms with Crippen molar-refractivity contribution >= 4 is 33.3 Å². The summed E-state index contributed by atoms with van der Waals surface area (Å²) in [6.45, 7) is 4.12. The number of nitrogens with one attached hydrogen (secondary N) is 1. The standard InChI is InChI=1S/C23H25N3O4S2/c27-23(26-12-10-25(11-13-26)17-20-9-15-31-18-20)8-5-19-3-6-22(7-4-19)32(28,29)24-16-21-2-1-14-30-21/h1-9,14-15,18,24H,10-13,16-17H2. The molecular formula is C23H25N3O4S2. The fourth-order valence-electron chi connectivity index (χ4n) is 3.46. The molecule has 0 spiro atoms. The average Bonchev–Trinajstić information content (AvgIpc) is 3.51. The summed E-state index contributed by atoms with van der Waals surface area (Å²) in [6.07, 6.45) is 4.76. The second-order valence-corrected chi connectivity index (χ2v) is 10.1. The first kappa shape index (κ1) is 22.5. The van der Waals surface area contributed by atoms with Crippen LogP contribution in [-0.4, -0.2) is 50.3 Å². The second kappa shape index (κ2) is 10.3. The van der Waals surface area contributed by atoms with Crippen LogP contribution in [0.5, 0.6) is 0 Å². The molecule has 1 saturated heterocycles. The maximum Gasteiger partial charge on any atom is 0.246 e. The Kier molecular flexibility index (Phi) is 7.21. The minimum absolute atomic E-state index is 0.0306. The highest BCUT2D eigenvalue weighted by atomic mass is 32.2. The van der Waals surface area contributed by atoms with Crippen LogP contribution in [0.3, 0.4) is 0 Å². The van der Waals surface area contributed by atoms with E-state index in [4.69, 9.17) is 4.42 Å². The Balaban J connectivity index is 1.27. The van der Waals surface area contributed by atoms with Gasteiger partial charge in [0, 0.05) is 38.8 Å². The van der Waals surface area contributed by atoms with Crippen LogP contribution in [0, 0.1) is 0 Å². The minimum Gasteiger partial charge on any atom is -0.468 e. The Morgan fingerprint density at radius 3 is 2.53 bits per heavy atom. The number of rotatable bonds is 8. The fourth-order valence-corrected chi connectivity index (χ4v) is 5.11. The number of nitrogens with zero attached hydrogens (tertiary/aromatic N) is 2. The first-order chi connectivity index (χ1) is 15.5. The van der Waals surface area contributed by atoms with Gasteiger partial charge in [0.25, 0.3) is 0 Å². The largest absolute Gasteiger partial charge is 0.468 e. The van der Waals surface area contributed by atoms with E-state index in [1.54, 1.807) is 47.8 Å². The molecule has 1 aliphatic rings. The zero-order valence-electron chi connectivity index (χ0n) is 17.5. The van der Waals surface area contributed by atoms with Crippen LogP contribution in [0.25, 0.3) is 6.08 Å². The first-order valence-corrected chi connectivity index (χ1v) is 12.7.